The van der Waals surface area contributed by atoms with Gasteiger partial charge in [-0.25, -0.2) is 0 Å². The first kappa shape index (κ1) is 12.5. The van der Waals surface area contributed by atoms with Crippen molar-refractivity contribution in [3.05, 3.63) is 23.8 Å². The van der Waals surface area contributed by atoms with Gasteiger partial charge in [0.05, 0.1) is 14.2 Å². The summed E-state index contributed by atoms with van der Waals surface area (Å²) in [6, 6.07) is 4.95. The maximum absolute atomic E-state index is 11.8. The van der Waals surface area contributed by atoms with Crippen LogP contribution in [0.15, 0.2) is 18.2 Å². The van der Waals surface area contributed by atoms with Crippen LogP contribution in [0.4, 0.5) is 0 Å². The summed E-state index contributed by atoms with van der Waals surface area (Å²) < 4.78 is 10.2. The average Bonchev–Trinajstić information content (AvgIpc) is 2.27. The van der Waals surface area contributed by atoms with Gasteiger partial charge in [0.15, 0.2) is 5.78 Å². The molecule has 0 fully saturated rings. The molecule has 0 aliphatic heterocycles. The Morgan fingerprint density at radius 2 is 1.75 bits per heavy atom. The fourth-order valence-electron chi connectivity index (χ4n) is 1.38. The van der Waals surface area contributed by atoms with Gasteiger partial charge in [-0.1, -0.05) is 0 Å². The quantitative estimate of drug-likeness (QED) is 0.770. The largest absolute Gasteiger partial charge is 0.497 e. The summed E-state index contributed by atoms with van der Waals surface area (Å²) in [4.78, 5) is 11.8. The lowest BCUT2D eigenvalue weighted by atomic mass is 10.0. The highest BCUT2D eigenvalue weighted by molar-refractivity contribution is 5.97. The minimum atomic E-state index is -0.148. The Kier molecular flexibility index (Phi) is 4.31. The van der Waals surface area contributed by atoms with Crippen LogP contribution < -0.4 is 15.2 Å². The summed E-state index contributed by atoms with van der Waals surface area (Å²) in [6.45, 7) is 1.80. The average molecular weight is 223 g/mol. The molecule has 0 aliphatic rings. The Hall–Kier alpha value is -1.55. The summed E-state index contributed by atoms with van der Waals surface area (Å²) in [7, 11) is 3.10. The number of benzene rings is 1. The molecule has 0 saturated carbocycles. The summed E-state index contributed by atoms with van der Waals surface area (Å²) in [5.74, 6) is 1.20. The van der Waals surface area contributed by atoms with E-state index in [1.807, 2.05) is 0 Å². The van der Waals surface area contributed by atoms with Crippen LogP contribution in [0.25, 0.3) is 0 Å². The van der Waals surface area contributed by atoms with Crippen LogP contribution in [0.2, 0.25) is 0 Å². The summed E-state index contributed by atoms with van der Waals surface area (Å²) in [5.41, 5.74) is 6.15. The molecule has 0 radical (unpaired) electrons. The van der Waals surface area contributed by atoms with Crippen molar-refractivity contribution in [3.63, 3.8) is 0 Å². The Morgan fingerprint density at radius 3 is 2.12 bits per heavy atom. The number of hydrogen-bond acceptors (Lipinski definition) is 4. The molecule has 4 nitrogen and oxygen atoms in total. The second-order valence-electron chi connectivity index (χ2n) is 3.71. The van der Waals surface area contributed by atoms with E-state index in [1.165, 1.54) is 0 Å². The predicted molar refractivity (Wildman–Crippen MR) is 62.1 cm³/mol. The number of carbonyl (C=O) groups excluding carboxylic acids is 1. The van der Waals surface area contributed by atoms with Crippen molar-refractivity contribution in [2.75, 3.05) is 14.2 Å². The summed E-state index contributed by atoms with van der Waals surface area (Å²) >= 11 is 0. The number of ketones is 1. The van der Waals surface area contributed by atoms with Gasteiger partial charge in [0.1, 0.15) is 11.5 Å². The molecular weight excluding hydrogens is 206 g/mol. The molecule has 4 heteroatoms. The van der Waals surface area contributed by atoms with Crippen LogP contribution in [-0.4, -0.2) is 26.0 Å². The smallest absolute Gasteiger partial charge is 0.164 e. The van der Waals surface area contributed by atoms with E-state index in [-0.39, 0.29) is 11.8 Å². The molecule has 0 heterocycles. The molecule has 2 N–H and O–H groups in total. The second-order valence-corrected chi connectivity index (χ2v) is 3.71. The van der Waals surface area contributed by atoms with Crippen molar-refractivity contribution in [2.45, 2.75) is 19.4 Å². The number of Topliss-reactive ketones (excluding diaryl/α,β-unsaturated/α-hetero) is 1. The lowest BCUT2D eigenvalue weighted by Gasteiger charge is -2.08. The lowest BCUT2D eigenvalue weighted by Crippen LogP contribution is -2.19. The third kappa shape index (κ3) is 3.24. The highest BCUT2D eigenvalue weighted by atomic mass is 16.5. The standard InChI is InChI=1S/C12H17NO3/c1-8(13)4-12(14)9-5-10(15-2)7-11(6-9)16-3/h5-8H,4,13H2,1-3H3. The molecule has 1 atom stereocenters. The fourth-order valence-corrected chi connectivity index (χ4v) is 1.38. The molecule has 16 heavy (non-hydrogen) atoms. The summed E-state index contributed by atoms with van der Waals surface area (Å²) in [5, 5.41) is 0. The van der Waals surface area contributed by atoms with E-state index in [0.29, 0.717) is 23.5 Å². The Bertz CT molecular complexity index is 352. The number of nitrogens with two attached hydrogens (primary N) is 1. The maximum Gasteiger partial charge on any atom is 0.164 e. The van der Waals surface area contributed by atoms with Crippen molar-refractivity contribution in [3.8, 4) is 11.5 Å². The molecule has 1 unspecified atom stereocenters. The van der Waals surface area contributed by atoms with Gasteiger partial charge in [-0.2, -0.15) is 0 Å². The van der Waals surface area contributed by atoms with Crippen LogP contribution in [0.1, 0.15) is 23.7 Å². The SMILES string of the molecule is COc1cc(OC)cc(C(=O)CC(C)N)c1. The zero-order valence-corrected chi connectivity index (χ0v) is 9.82. The van der Waals surface area contributed by atoms with Gasteiger partial charge in [-0.15, -0.1) is 0 Å². The molecule has 0 aliphatic carbocycles. The Balaban J connectivity index is 2.98. The first-order valence-corrected chi connectivity index (χ1v) is 5.08. The van der Waals surface area contributed by atoms with Crippen molar-refractivity contribution >= 4 is 5.78 Å². The van der Waals surface area contributed by atoms with Crippen LogP contribution in [0.5, 0.6) is 11.5 Å². The van der Waals surface area contributed by atoms with Crippen molar-refractivity contribution in [2.24, 2.45) is 5.73 Å². The Morgan fingerprint density at radius 1 is 1.25 bits per heavy atom. The number of rotatable bonds is 5. The number of carbonyl (C=O) groups is 1. The highest BCUT2D eigenvalue weighted by Gasteiger charge is 2.11. The van der Waals surface area contributed by atoms with Gasteiger partial charge in [0, 0.05) is 24.1 Å². The maximum atomic E-state index is 11.8. The zero-order chi connectivity index (χ0) is 12.1. The molecule has 1 aromatic carbocycles. The van der Waals surface area contributed by atoms with Crippen molar-refractivity contribution in [1.29, 1.82) is 0 Å². The first-order valence-electron chi connectivity index (χ1n) is 5.08. The van der Waals surface area contributed by atoms with Gasteiger partial charge < -0.3 is 15.2 Å². The van der Waals surface area contributed by atoms with Crippen LogP contribution >= 0.6 is 0 Å². The molecule has 0 amide bonds. The topological polar surface area (TPSA) is 61.5 Å². The molecule has 1 aromatic rings. The van der Waals surface area contributed by atoms with Gasteiger partial charge in [0.2, 0.25) is 0 Å². The van der Waals surface area contributed by atoms with E-state index in [9.17, 15) is 4.79 Å². The van der Waals surface area contributed by atoms with E-state index >= 15 is 0 Å². The minimum Gasteiger partial charge on any atom is -0.497 e. The van der Waals surface area contributed by atoms with E-state index in [2.05, 4.69) is 0 Å². The van der Waals surface area contributed by atoms with Crippen LogP contribution in [0.3, 0.4) is 0 Å². The number of methoxy groups -OCH3 is 2. The fraction of sp³-hybridized carbons (Fsp3) is 0.417. The van der Waals surface area contributed by atoms with Crippen LogP contribution in [0, 0.1) is 0 Å². The molecule has 88 valence electrons. The highest BCUT2D eigenvalue weighted by Crippen LogP contribution is 2.23. The summed E-state index contributed by atoms with van der Waals surface area (Å²) in [6.07, 6.45) is 0.316. The zero-order valence-electron chi connectivity index (χ0n) is 9.82. The molecule has 0 bridgehead atoms. The predicted octanol–water partition coefficient (Wildman–Crippen LogP) is 1.62. The van der Waals surface area contributed by atoms with Gasteiger partial charge in [-0.05, 0) is 19.1 Å². The van der Waals surface area contributed by atoms with Crippen molar-refractivity contribution in [1.82, 2.24) is 0 Å². The normalized spacial score (nSPS) is 12.0. The third-order valence-electron chi connectivity index (χ3n) is 2.18. The Labute approximate surface area is 95.3 Å². The minimum absolute atomic E-state index is 0.00722. The number of hydrogen-bond donors (Lipinski definition) is 1. The van der Waals surface area contributed by atoms with Gasteiger partial charge in [0.25, 0.3) is 0 Å². The second kappa shape index (κ2) is 5.51. The van der Waals surface area contributed by atoms with E-state index < -0.39 is 0 Å². The molecular formula is C12H17NO3. The first-order chi connectivity index (χ1) is 7.56. The van der Waals surface area contributed by atoms with E-state index in [0.717, 1.165) is 0 Å². The van der Waals surface area contributed by atoms with Crippen LogP contribution in [-0.2, 0) is 0 Å². The molecule has 0 saturated heterocycles. The van der Waals surface area contributed by atoms with E-state index in [1.54, 1.807) is 39.3 Å². The molecule has 0 spiro atoms. The van der Waals surface area contributed by atoms with Gasteiger partial charge >= 0.3 is 0 Å². The third-order valence-corrected chi connectivity index (χ3v) is 2.18. The van der Waals surface area contributed by atoms with Gasteiger partial charge in [-0.3, -0.25) is 4.79 Å². The molecule has 0 aromatic heterocycles. The number of ether oxygens (including phenoxy) is 2. The van der Waals surface area contributed by atoms with Crippen molar-refractivity contribution < 1.29 is 14.3 Å². The molecule has 1 rings (SSSR count). The van der Waals surface area contributed by atoms with E-state index in [4.69, 9.17) is 15.2 Å². The monoisotopic (exact) mass is 223 g/mol. The lowest BCUT2D eigenvalue weighted by molar-refractivity contribution is 0.0976.